The summed E-state index contributed by atoms with van der Waals surface area (Å²) >= 11 is 0. The molecule has 0 amide bonds. The van der Waals surface area contributed by atoms with Crippen molar-refractivity contribution in [2.24, 2.45) is 17.1 Å². The lowest BCUT2D eigenvalue weighted by atomic mass is 9.75. The zero-order valence-electron chi connectivity index (χ0n) is 12.5. The second-order valence-electron chi connectivity index (χ2n) is 7.43. The summed E-state index contributed by atoms with van der Waals surface area (Å²) in [6.07, 6.45) is 6.68. The first-order valence-electron chi connectivity index (χ1n) is 7.47. The first-order valence-corrected chi connectivity index (χ1v) is 7.47. The van der Waals surface area contributed by atoms with Crippen molar-refractivity contribution >= 4 is 5.97 Å². The standard InChI is InChI=1S/C15H28N2O2/c1-14(2)8-6-12(7-9-14)17(3)10-15(16,13(18)19)11-4-5-11/h11-12H,4-10,16H2,1-3H3,(H,18,19). The van der Waals surface area contributed by atoms with E-state index in [1.807, 2.05) is 7.05 Å². The summed E-state index contributed by atoms with van der Waals surface area (Å²) < 4.78 is 0. The van der Waals surface area contributed by atoms with Gasteiger partial charge in [0.15, 0.2) is 0 Å². The Morgan fingerprint density at radius 1 is 1.32 bits per heavy atom. The lowest BCUT2D eigenvalue weighted by Crippen LogP contribution is -2.59. The zero-order chi connectivity index (χ0) is 14.3. The Morgan fingerprint density at radius 3 is 2.26 bits per heavy atom. The lowest BCUT2D eigenvalue weighted by molar-refractivity contribution is -0.145. The fourth-order valence-electron chi connectivity index (χ4n) is 3.34. The quantitative estimate of drug-likeness (QED) is 0.801. The average Bonchev–Trinajstić information content (AvgIpc) is 3.12. The molecular weight excluding hydrogens is 240 g/mol. The fraction of sp³-hybridized carbons (Fsp3) is 0.933. The van der Waals surface area contributed by atoms with Gasteiger partial charge in [-0.2, -0.15) is 0 Å². The van der Waals surface area contributed by atoms with Gasteiger partial charge in [-0.25, -0.2) is 0 Å². The van der Waals surface area contributed by atoms with Gasteiger partial charge in [-0.3, -0.25) is 4.79 Å². The molecule has 1 atom stereocenters. The van der Waals surface area contributed by atoms with Crippen LogP contribution in [0, 0.1) is 11.3 Å². The van der Waals surface area contributed by atoms with Gasteiger partial charge in [-0.05, 0) is 56.9 Å². The van der Waals surface area contributed by atoms with E-state index in [1.54, 1.807) is 0 Å². The highest BCUT2D eigenvalue weighted by Crippen LogP contribution is 2.40. The van der Waals surface area contributed by atoms with E-state index in [0.29, 0.717) is 18.0 Å². The third-order valence-corrected chi connectivity index (χ3v) is 5.15. The van der Waals surface area contributed by atoms with E-state index in [2.05, 4.69) is 18.7 Å². The highest BCUT2D eigenvalue weighted by Gasteiger charge is 2.49. The predicted molar refractivity (Wildman–Crippen MR) is 75.9 cm³/mol. The van der Waals surface area contributed by atoms with Crippen molar-refractivity contribution < 1.29 is 9.90 Å². The molecule has 2 rings (SSSR count). The molecule has 0 aromatic carbocycles. The fourth-order valence-corrected chi connectivity index (χ4v) is 3.34. The van der Waals surface area contributed by atoms with Crippen molar-refractivity contribution in [3.8, 4) is 0 Å². The van der Waals surface area contributed by atoms with Crippen LogP contribution in [0.25, 0.3) is 0 Å². The van der Waals surface area contributed by atoms with Crippen LogP contribution in [-0.2, 0) is 4.79 Å². The van der Waals surface area contributed by atoms with E-state index < -0.39 is 11.5 Å². The number of likely N-dealkylation sites (N-methyl/N-ethyl adjacent to an activating group) is 1. The number of hydrogen-bond donors (Lipinski definition) is 2. The molecule has 2 fully saturated rings. The van der Waals surface area contributed by atoms with E-state index in [9.17, 15) is 9.90 Å². The van der Waals surface area contributed by atoms with Crippen LogP contribution in [-0.4, -0.2) is 41.1 Å². The summed E-state index contributed by atoms with van der Waals surface area (Å²) in [7, 11) is 2.04. The molecule has 4 heteroatoms. The van der Waals surface area contributed by atoms with E-state index in [1.165, 1.54) is 12.8 Å². The van der Waals surface area contributed by atoms with Gasteiger partial charge in [-0.1, -0.05) is 13.8 Å². The van der Waals surface area contributed by atoms with Crippen LogP contribution in [0.4, 0.5) is 0 Å². The summed E-state index contributed by atoms with van der Waals surface area (Å²) in [6, 6.07) is 0.494. The molecule has 19 heavy (non-hydrogen) atoms. The molecule has 3 N–H and O–H groups in total. The predicted octanol–water partition coefficient (Wildman–Crippen LogP) is 2.08. The van der Waals surface area contributed by atoms with Crippen LogP contribution in [0.2, 0.25) is 0 Å². The number of nitrogens with two attached hydrogens (primary N) is 1. The highest BCUT2D eigenvalue weighted by atomic mass is 16.4. The normalized spacial score (nSPS) is 27.2. The molecule has 0 aliphatic heterocycles. The molecule has 0 heterocycles. The highest BCUT2D eigenvalue weighted by molar-refractivity contribution is 5.79. The largest absolute Gasteiger partial charge is 0.480 e. The molecule has 0 bridgehead atoms. The molecule has 4 nitrogen and oxygen atoms in total. The van der Waals surface area contributed by atoms with Gasteiger partial charge in [-0.15, -0.1) is 0 Å². The second-order valence-corrected chi connectivity index (χ2v) is 7.43. The minimum absolute atomic E-state index is 0.174. The maximum Gasteiger partial charge on any atom is 0.325 e. The minimum Gasteiger partial charge on any atom is -0.480 e. The van der Waals surface area contributed by atoms with E-state index in [-0.39, 0.29) is 5.92 Å². The summed E-state index contributed by atoms with van der Waals surface area (Å²) in [5, 5.41) is 9.42. The molecule has 0 radical (unpaired) electrons. The topological polar surface area (TPSA) is 66.6 Å². The number of carboxylic acids is 1. The van der Waals surface area contributed by atoms with Crippen LogP contribution in [0.3, 0.4) is 0 Å². The Bertz CT molecular complexity index is 342. The van der Waals surface area contributed by atoms with Crippen molar-refractivity contribution in [3.05, 3.63) is 0 Å². The number of carboxylic acid groups (broad SMARTS) is 1. The van der Waals surface area contributed by atoms with Crippen LogP contribution in [0.15, 0.2) is 0 Å². The zero-order valence-corrected chi connectivity index (χ0v) is 12.5. The molecule has 2 saturated carbocycles. The smallest absolute Gasteiger partial charge is 0.325 e. The molecular formula is C15H28N2O2. The third kappa shape index (κ3) is 3.29. The monoisotopic (exact) mass is 268 g/mol. The molecule has 2 aliphatic carbocycles. The maximum absolute atomic E-state index is 11.5. The SMILES string of the molecule is CN(CC(N)(C(=O)O)C1CC1)C1CCC(C)(C)CC1. The van der Waals surface area contributed by atoms with Crippen LogP contribution < -0.4 is 5.73 Å². The Morgan fingerprint density at radius 2 is 1.84 bits per heavy atom. The minimum atomic E-state index is -1.04. The van der Waals surface area contributed by atoms with Gasteiger partial charge in [0.25, 0.3) is 0 Å². The summed E-state index contributed by atoms with van der Waals surface area (Å²) in [6.45, 7) is 5.12. The summed E-state index contributed by atoms with van der Waals surface area (Å²) in [5.74, 6) is -0.662. The van der Waals surface area contributed by atoms with Gasteiger partial charge in [0.05, 0.1) is 0 Å². The van der Waals surface area contributed by atoms with E-state index >= 15 is 0 Å². The van der Waals surface area contributed by atoms with Gasteiger partial charge in [0.1, 0.15) is 5.54 Å². The molecule has 0 aromatic heterocycles. The Hall–Kier alpha value is -0.610. The first kappa shape index (κ1) is 14.8. The van der Waals surface area contributed by atoms with Crippen LogP contribution in [0.1, 0.15) is 52.4 Å². The van der Waals surface area contributed by atoms with Gasteiger partial charge in [0.2, 0.25) is 0 Å². The molecule has 0 aromatic rings. The number of hydrogen-bond acceptors (Lipinski definition) is 3. The number of carbonyl (C=O) groups is 1. The second kappa shape index (κ2) is 5.06. The number of rotatable bonds is 5. The lowest BCUT2D eigenvalue weighted by Gasteiger charge is -2.41. The Labute approximate surface area is 116 Å². The van der Waals surface area contributed by atoms with Crippen molar-refractivity contribution in [2.45, 2.75) is 64.0 Å². The molecule has 1 unspecified atom stereocenters. The molecule has 2 aliphatic rings. The number of aliphatic carboxylic acids is 1. The Kier molecular flexibility index (Phi) is 3.94. The summed E-state index contributed by atoms with van der Waals surface area (Å²) in [5.41, 5.74) is 5.57. The maximum atomic E-state index is 11.5. The molecule has 0 saturated heterocycles. The average molecular weight is 268 g/mol. The van der Waals surface area contributed by atoms with Crippen LogP contribution in [0.5, 0.6) is 0 Å². The van der Waals surface area contributed by atoms with Gasteiger partial charge < -0.3 is 15.7 Å². The van der Waals surface area contributed by atoms with Crippen molar-refractivity contribution in [1.82, 2.24) is 4.90 Å². The van der Waals surface area contributed by atoms with Gasteiger partial charge in [0, 0.05) is 12.6 Å². The first-order chi connectivity index (χ1) is 8.74. The number of nitrogens with zero attached hydrogens (tertiary/aromatic N) is 1. The van der Waals surface area contributed by atoms with E-state index in [0.717, 1.165) is 25.7 Å². The van der Waals surface area contributed by atoms with Gasteiger partial charge >= 0.3 is 5.97 Å². The van der Waals surface area contributed by atoms with Crippen molar-refractivity contribution in [3.63, 3.8) is 0 Å². The van der Waals surface area contributed by atoms with E-state index in [4.69, 9.17) is 5.73 Å². The summed E-state index contributed by atoms with van der Waals surface area (Å²) in [4.78, 5) is 13.7. The molecule has 110 valence electrons. The van der Waals surface area contributed by atoms with Crippen molar-refractivity contribution in [2.75, 3.05) is 13.6 Å². The third-order valence-electron chi connectivity index (χ3n) is 5.15. The molecule has 0 spiro atoms. The van der Waals surface area contributed by atoms with Crippen molar-refractivity contribution in [1.29, 1.82) is 0 Å². The Balaban J connectivity index is 1.93. The van der Waals surface area contributed by atoms with Crippen LogP contribution >= 0.6 is 0 Å².